The maximum Gasteiger partial charge on any atom is 0.271 e. The van der Waals surface area contributed by atoms with Gasteiger partial charge in [-0.15, -0.1) is 11.3 Å². The molecule has 0 bridgehead atoms. The molecule has 2 aromatic heterocycles. The van der Waals surface area contributed by atoms with Crippen molar-refractivity contribution in [3.05, 3.63) is 69.1 Å². The first kappa shape index (κ1) is 15.9. The Labute approximate surface area is 141 Å². The second kappa shape index (κ2) is 6.63. The monoisotopic (exact) mass is 342 g/mol. The Balaban J connectivity index is 1.71. The normalized spacial score (nSPS) is 10.5. The number of nitrogens with zero attached hydrogens (tertiary/aromatic N) is 2. The maximum absolute atomic E-state index is 12.2. The van der Waals surface area contributed by atoms with Crippen molar-refractivity contribution in [3.63, 3.8) is 0 Å². The minimum Gasteiger partial charge on any atom is -0.355 e. The molecule has 2 amide bonds. The molecule has 3 rings (SSSR count). The van der Waals surface area contributed by atoms with Gasteiger partial charge in [-0.2, -0.15) is 0 Å². The van der Waals surface area contributed by atoms with Crippen molar-refractivity contribution < 1.29 is 9.59 Å². The third-order valence-corrected chi connectivity index (χ3v) is 4.25. The quantitative estimate of drug-likeness (QED) is 0.741. The number of aromatic nitrogens is 2. The van der Waals surface area contributed by atoms with Crippen LogP contribution in [0.5, 0.6) is 0 Å². The maximum atomic E-state index is 12.2. The van der Waals surface area contributed by atoms with E-state index in [1.165, 1.54) is 21.9 Å². The van der Waals surface area contributed by atoms with Crippen molar-refractivity contribution in [2.75, 3.05) is 7.05 Å². The van der Waals surface area contributed by atoms with E-state index in [1.54, 1.807) is 42.9 Å². The number of hydrogen-bond donors (Lipinski definition) is 2. The molecule has 122 valence electrons. The summed E-state index contributed by atoms with van der Waals surface area (Å²) in [6.45, 7) is 0.249. The van der Waals surface area contributed by atoms with Crippen LogP contribution in [0.1, 0.15) is 26.3 Å². The molecule has 3 aromatic rings. The van der Waals surface area contributed by atoms with E-state index < -0.39 is 11.5 Å². The molecule has 0 fully saturated rings. The average molecular weight is 342 g/mol. The van der Waals surface area contributed by atoms with Gasteiger partial charge in [-0.05, 0) is 17.7 Å². The molecular formula is C16H14N4O3S. The topological polar surface area (TPSA) is 92.6 Å². The number of benzene rings is 1. The fraction of sp³-hybridized carbons (Fsp3) is 0.125. The minimum absolute atomic E-state index is 0.00659. The first-order valence-electron chi connectivity index (χ1n) is 7.14. The second-order valence-electron chi connectivity index (χ2n) is 4.99. The summed E-state index contributed by atoms with van der Waals surface area (Å²) in [4.78, 5) is 40.5. The highest BCUT2D eigenvalue weighted by Gasteiger charge is 2.13. The average Bonchev–Trinajstić information content (AvgIpc) is 3.09. The Kier molecular flexibility index (Phi) is 4.39. The molecule has 0 aliphatic carbocycles. The first-order valence-corrected chi connectivity index (χ1v) is 8.02. The fourth-order valence-electron chi connectivity index (χ4n) is 2.18. The predicted octanol–water partition coefficient (Wildman–Crippen LogP) is 1.05. The number of thiazole rings is 1. The van der Waals surface area contributed by atoms with Gasteiger partial charge in [-0.25, -0.2) is 4.98 Å². The zero-order valence-corrected chi connectivity index (χ0v) is 13.6. The highest BCUT2D eigenvalue weighted by molar-refractivity contribution is 7.15. The van der Waals surface area contributed by atoms with Crippen molar-refractivity contribution in [1.82, 2.24) is 20.0 Å². The van der Waals surface area contributed by atoms with E-state index in [2.05, 4.69) is 15.6 Å². The summed E-state index contributed by atoms with van der Waals surface area (Å²) in [5.74, 6) is -0.655. The number of carbonyl (C=O) groups is 2. The van der Waals surface area contributed by atoms with Crippen LogP contribution in [0.2, 0.25) is 0 Å². The number of carbonyl (C=O) groups excluding carboxylic acids is 2. The lowest BCUT2D eigenvalue weighted by Crippen LogP contribution is -2.30. The van der Waals surface area contributed by atoms with E-state index in [0.717, 1.165) is 5.56 Å². The zero-order valence-electron chi connectivity index (χ0n) is 12.8. The molecule has 24 heavy (non-hydrogen) atoms. The molecule has 0 aliphatic rings. The lowest BCUT2D eigenvalue weighted by atomic mass is 10.1. The van der Waals surface area contributed by atoms with Crippen molar-refractivity contribution in [2.45, 2.75) is 6.54 Å². The lowest BCUT2D eigenvalue weighted by molar-refractivity contribution is 0.0944. The van der Waals surface area contributed by atoms with Gasteiger partial charge in [-0.3, -0.25) is 18.8 Å². The van der Waals surface area contributed by atoms with E-state index in [9.17, 15) is 14.4 Å². The molecule has 0 unspecified atom stereocenters. The Morgan fingerprint density at radius 2 is 1.96 bits per heavy atom. The number of amides is 2. The Morgan fingerprint density at radius 1 is 1.21 bits per heavy atom. The third kappa shape index (κ3) is 3.04. The van der Waals surface area contributed by atoms with Gasteiger partial charge in [0.25, 0.3) is 17.4 Å². The van der Waals surface area contributed by atoms with Gasteiger partial charge in [0.1, 0.15) is 5.56 Å². The molecule has 0 saturated carbocycles. The van der Waals surface area contributed by atoms with Crippen LogP contribution in [0.25, 0.3) is 4.96 Å². The fourth-order valence-corrected chi connectivity index (χ4v) is 2.85. The molecule has 0 atom stereocenters. The Bertz CT molecular complexity index is 959. The van der Waals surface area contributed by atoms with Crippen LogP contribution < -0.4 is 16.2 Å². The summed E-state index contributed by atoms with van der Waals surface area (Å²) in [5.41, 5.74) is 0.959. The summed E-state index contributed by atoms with van der Waals surface area (Å²) in [5, 5.41) is 6.96. The molecule has 0 spiro atoms. The van der Waals surface area contributed by atoms with Crippen LogP contribution in [-0.2, 0) is 6.54 Å². The number of nitrogens with one attached hydrogen (secondary N) is 2. The summed E-state index contributed by atoms with van der Waals surface area (Å²) < 4.78 is 1.34. The summed E-state index contributed by atoms with van der Waals surface area (Å²) in [7, 11) is 1.56. The largest absolute Gasteiger partial charge is 0.355 e. The van der Waals surface area contributed by atoms with E-state index in [4.69, 9.17) is 0 Å². The van der Waals surface area contributed by atoms with Crippen LogP contribution in [-0.4, -0.2) is 28.2 Å². The molecule has 2 heterocycles. The van der Waals surface area contributed by atoms with Gasteiger partial charge < -0.3 is 10.6 Å². The molecule has 7 nitrogen and oxygen atoms in total. The molecular weight excluding hydrogens is 328 g/mol. The second-order valence-corrected chi connectivity index (χ2v) is 5.86. The van der Waals surface area contributed by atoms with Gasteiger partial charge in [0.15, 0.2) is 4.96 Å². The third-order valence-electron chi connectivity index (χ3n) is 3.48. The van der Waals surface area contributed by atoms with Crippen LogP contribution in [0.15, 0.2) is 46.8 Å². The summed E-state index contributed by atoms with van der Waals surface area (Å²) in [6, 6.07) is 6.85. The molecule has 1 aromatic carbocycles. The Hall–Kier alpha value is -3.00. The molecule has 0 aliphatic heterocycles. The first-order chi connectivity index (χ1) is 11.6. The van der Waals surface area contributed by atoms with Crippen molar-refractivity contribution >= 4 is 28.1 Å². The van der Waals surface area contributed by atoms with E-state index in [-0.39, 0.29) is 18.0 Å². The van der Waals surface area contributed by atoms with E-state index in [1.807, 2.05) is 0 Å². The predicted molar refractivity (Wildman–Crippen MR) is 90.3 cm³/mol. The van der Waals surface area contributed by atoms with Gasteiger partial charge in [-0.1, -0.05) is 12.1 Å². The lowest BCUT2D eigenvalue weighted by Gasteiger charge is -2.06. The van der Waals surface area contributed by atoms with Crippen LogP contribution in [0, 0.1) is 0 Å². The zero-order chi connectivity index (χ0) is 17.1. The highest BCUT2D eigenvalue weighted by atomic mass is 32.1. The standard InChI is InChI=1S/C16H14N4O3S/c1-17-13(21)11-4-2-10(3-5-11)8-18-14(22)12-9-19-16-20(15(12)23)6-7-24-16/h2-7,9H,8H2,1H3,(H,17,21)(H,18,22). The van der Waals surface area contributed by atoms with Crippen LogP contribution >= 0.6 is 11.3 Å². The van der Waals surface area contributed by atoms with Crippen LogP contribution in [0.4, 0.5) is 0 Å². The van der Waals surface area contributed by atoms with Gasteiger partial charge in [0.2, 0.25) is 0 Å². The van der Waals surface area contributed by atoms with Crippen molar-refractivity contribution in [2.24, 2.45) is 0 Å². The van der Waals surface area contributed by atoms with E-state index in [0.29, 0.717) is 10.5 Å². The van der Waals surface area contributed by atoms with Gasteiger partial charge >= 0.3 is 0 Å². The molecule has 2 N–H and O–H groups in total. The smallest absolute Gasteiger partial charge is 0.271 e. The summed E-state index contributed by atoms with van der Waals surface area (Å²) >= 11 is 1.33. The van der Waals surface area contributed by atoms with Gasteiger partial charge in [0, 0.05) is 36.9 Å². The highest BCUT2D eigenvalue weighted by Crippen LogP contribution is 2.07. The van der Waals surface area contributed by atoms with E-state index >= 15 is 0 Å². The number of rotatable bonds is 4. The molecule has 0 radical (unpaired) electrons. The summed E-state index contributed by atoms with van der Waals surface area (Å²) in [6.07, 6.45) is 2.88. The SMILES string of the molecule is CNC(=O)c1ccc(CNC(=O)c2cnc3sccn3c2=O)cc1. The Morgan fingerprint density at radius 3 is 2.67 bits per heavy atom. The number of hydrogen-bond acceptors (Lipinski definition) is 5. The molecule has 0 saturated heterocycles. The van der Waals surface area contributed by atoms with Crippen molar-refractivity contribution in [1.29, 1.82) is 0 Å². The molecule has 8 heteroatoms. The van der Waals surface area contributed by atoms with Crippen LogP contribution in [0.3, 0.4) is 0 Å². The minimum atomic E-state index is -0.483. The van der Waals surface area contributed by atoms with Gasteiger partial charge in [0.05, 0.1) is 0 Å². The van der Waals surface area contributed by atoms with Crippen molar-refractivity contribution in [3.8, 4) is 0 Å². The number of fused-ring (bicyclic) bond motifs is 1.